The van der Waals surface area contributed by atoms with Crippen LogP contribution in [0.25, 0.3) is 0 Å². The first-order chi connectivity index (χ1) is 12.7. The van der Waals surface area contributed by atoms with Crippen LogP contribution in [0.3, 0.4) is 0 Å². The van der Waals surface area contributed by atoms with Crippen molar-refractivity contribution >= 4 is 28.1 Å². The third kappa shape index (κ3) is 5.99. The predicted octanol–water partition coefficient (Wildman–Crippen LogP) is 3.99. The van der Waals surface area contributed by atoms with E-state index in [9.17, 15) is 9.90 Å². The lowest BCUT2D eigenvalue weighted by Gasteiger charge is -2.19. The van der Waals surface area contributed by atoms with Gasteiger partial charge >= 0.3 is 0 Å². The average Bonchev–Trinajstić information content (AvgIpc) is 2.62. The molecule has 0 aliphatic rings. The van der Waals surface area contributed by atoms with Gasteiger partial charge in [-0.05, 0) is 35.2 Å². The van der Waals surface area contributed by atoms with Crippen molar-refractivity contribution in [3.8, 4) is 17.2 Å². The normalized spacial score (nSPS) is 11.4. The van der Waals surface area contributed by atoms with Crippen LogP contribution in [0, 0.1) is 0 Å². The number of rotatable bonds is 6. The van der Waals surface area contributed by atoms with Gasteiger partial charge in [-0.15, -0.1) is 0 Å². The van der Waals surface area contributed by atoms with E-state index in [-0.39, 0.29) is 17.8 Å². The van der Waals surface area contributed by atoms with Gasteiger partial charge in [-0.3, -0.25) is 4.79 Å². The summed E-state index contributed by atoms with van der Waals surface area (Å²) in [4.78, 5) is 11.9. The number of hydrogen-bond donors (Lipinski definition) is 2. The Morgan fingerprint density at radius 2 is 1.93 bits per heavy atom. The standard InChI is InChI=1S/C20H23BrN2O4/c1-20(2,3)14-5-7-16(8-6-14)27-12-18(24)23-22-11-13-9-15(21)10-17(26-4)19(13)25/h5-11,25H,12H2,1-4H3,(H,23,24)/b22-11+. The number of hydrazone groups is 1. The molecule has 0 unspecified atom stereocenters. The number of carbonyl (C=O) groups is 1. The number of aromatic hydroxyl groups is 1. The molecule has 27 heavy (non-hydrogen) atoms. The molecule has 2 aromatic carbocycles. The predicted molar refractivity (Wildman–Crippen MR) is 109 cm³/mol. The number of amides is 1. The maximum atomic E-state index is 11.9. The molecule has 0 aliphatic carbocycles. The van der Waals surface area contributed by atoms with E-state index in [1.807, 2.05) is 24.3 Å². The summed E-state index contributed by atoms with van der Waals surface area (Å²) >= 11 is 3.32. The van der Waals surface area contributed by atoms with Crippen LogP contribution in [0.4, 0.5) is 0 Å². The molecule has 144 valence electrons. The number of methoxy groups -OCH3 is 1. The van der Waals surface area contributed by atoms with Gasteiger partial charge in [0, 0.05) is 10.0 Å². The van der Waals surface area contributed by atoms with Gasteiger partial charge in [0.25, 0.3) is 5.91 Å². The molecule has 2 aromatic rings. The number of nitrogens with one attached hydrogen (secondary N) is 1. The number of phenols is 1. The highest BCUT2D eigenvalue weighted by atomic mass is 79.9. The molecule has 0 saturated carbocycles. The Kier molecular flexibility index (Phi) is 6.85. The largest absolute Gasteiger partial charge is 0.504 e. The Morgan fingerprint density at radius 3 is 2.52 bits per heavy atom. The van der Waals surface area contributed by atoms with Crippen molar-refractivity contribution in [2.75, 3.05) is 13.7 Å². The van der Waals surface area contributed by atoms with Crippen LogP contribution < -0.4 is 14.9 Å². The van der Waals surface area contributed by atoms with E-state index in [0.717, 1.165) is 0 Å². The van der Waals surface area contributed by atoms with E-state index in [4.69, 9.17) is 9.47 Å². The lowest BCUT2D eigenvalue weighted by Crippen LogP contribution is -2.24. The zero-order valence-corrected chi connectivity index (χ0v) is 17.3. The van der Waals surface area contributed by atoms with Gasteiger partial charge in [0.05, 0.1) is 13.3 Å². The Bertz CT molecular complexity index is 827. The molecule has 2 N–H and O–H groups in total. The fourth-order valence-corrected chi connectivity index (χ4v) is 2.71. The van der Waals surface area contributed by atoms with E-state index < -0.39 is 5.91 Å². The van der Waals surface area contributed by atoms with Crippen molar-refractivity contribution < 1.29 is 19.4 Å². The summed E-state index contributed by atoms with van der Waals surface area (Å²) < 4.78 is 11.2. The van der Waals surface area contributed by atoms with E-state index >= 15 is 0 Å². The van der Waals surface area contributed by atoms with Crippen molar-refractivity contribution in [2.45, 2.75) is 26.2 Å². The molecular formula is C20H23BrN2O4. The van der Waals surface area contributed by atoms with Crippen LogP contribution in [0.1, 0.15) is 31.9 Å². The molecule has 6 nitrogen and oxygen atoms in total. The lowest BCUT2D eigenvalue weighted by molar-refractivity contribution is -0.123. The van der Waals surface area contributed by atoms with Gasteiger partial charge < -0.3 is 14.6 Å². The molecule has 0 aliphatic heterocycles. The highest BCUT2D eigenvalue weighted by Gasteiger charge is 2.13. The minimum absolute atomic E-state index is 0.0608. The van der Waals surface area contributed by atoms with Crippen LogP contribution in [0.2, 0.25) is 0 Å². The Hall–Kier alpha value is -2.54. The molecule has 0 bridgehead atoms. The molecule has 0 heterocycles. The van der Waals surface area contributed by atoms with Gasteiger partial charge in [0.1, 0.15) is 5.75 Å². The SMILES string of the molecule is COc1cc(Br)cc(/C=N/NC(=O)COc2ccc(C(C)(C)C)cc2)c1O. The van der Waals surface area contributed by atoms with Crippen LogP contribution in [0.5, 0.6) is 17.2 Å². The summed E-state index contributed by atoms with van der Waals surface area (Å²) in [6.45, 7) is 6.23. The quantitative estimate of drug-likeness (QED) is 0.531. The van der Waals surface area contributed by atoms with E-state index in [1.54, 1.807) is 12.1 Å². The Morgan fingerprint density at radius 1 is 1.26 bits per heavy atom. The number of ether oxygens (including phenoxy) is 2. The topological polar surface area (TPSA) is 80.2 Å². The molecule has 0 radical (unpaired) electrons. The maximum absolute atomic E-state index is 11.9. The zero-order chi connectivity index (χ0) is 20.0. The average molecular weight is 435 g/mol. The summed E-state index contributed by atoms with van der Waals surface area (Å²) in [5, 5.41) is 13.9. The summed E-state index contributed by atoms with van der Waals surface area (Å²) in [6, 6.07) is 10.9. The van der Waals surface area contributed by atoms with Crippen molar-refractivity contribution in [1.29, 1.82) is 0 Å². The Balaban J connectivity index is 1.90. The summed E-state index contributed by atoms with van der Waals surface area (Å²) in [5.74, 6) is 0.442. The van der Waals surface area contributed by atoms with Gasteiger partial charge in [0.15, 0.2) is 18.1 Å². The van der Waals surface area contributed by atoms with E-state index in [0.29, 0.717) is 21.5 Å². The number of hydrogen-bond acceptors (Lipinski definition) is 5. The second-order valence-electron chi connectivity index (χ2n) is 6.90. The first-order valence-corrected chi connectivity index (χ1v) is 9.11. The van der Waals surface area contributed by atoms with E-state index in [2.05, 4.69) is 47.2 Å². The second kappa shape index (κ2) is 8.90. The minimum Gasteiger partial charge on any atom is -0.504 e. The maximum Gasteiger partial charge on any atom is 0.277 e. The minimum atomic E-state index is -0.410. The number of carbonyl (C=O) groups excluding carboxylic acids is 1. The van der Waals surface area contributed by atoms with Crippen LogP contribution in [-0.4, -0.2) is 30.9 Å². The molecule has 0 fully saturated rings. The molecular weight excluding hydrogens is 412 g/mol. The second-order valence-corrected chi connectivity index (χ2v) is 7.82. The molecule has 0 spiro atoms. The first-order valence-electron chi connectivity index (χ1n) is 8.32. The molecule has 0 aromatic heterocycles. The monoisotopic (exact) mass is 434 g/mol. The lowest BCUT2D eigenvalue weighted by atomic mass is 9.87. The van der Waals surface area contributed by atoms with Gasteiger partial charge in [-0.2, -0.15) is 5.10 Å². The van der Waals surface area contributed by atoms with Crippen LogP contribution in [-0.2, 0) is 10.2 Å². The van der Waals surface area contributed by atoms with Gasteiger partial charge in [-0.25, -0.2) is 5.43 Å². The molecule has 2 rings (SSSR count). The fourth-order valence-electron chi connectivity index (χ4n) is 2.25. The van der Waals surface area contributed by atoms with Crippen molar-refractivity contribution in [3.05, 3.63) is 52.0 Å². The highest BCUT2D eigenvalue weighted by Crippen LogP contribution is 2.32. The summed E-state index contributed by atoms with van der Waals surface area (Å²) in [5.41, 5.74) is 4.01. The molecule has 0 atom stereocenters. The summed E-state index contributed by atoms with van der Waals surface area (Å²) in [6.07, 6.45) is 1.33. The van der Waals surface area contributed by atoms with Crippen LogP contribution >= 0.6 is 15.9 Å². The van der Waals surface area contributed by atoms with E-state index in [1.165, 1.54) is 18.9 Å². The number of nitrogens with zero attached hydrogens (tertiary/aromatic N) is 1. The van der Waals surface area contributed by atoms with Crippen molar-refractivity contribution in [3.63, 3.8) is 0 Å². The molecule has 1 amide bonds. The third-order valence-corrected chi connectivity index (χ3v) is 4.23. The highest BCUT2D eigenvalue weighted by molar-refractivity contribution is 9.10. The van der Waals surface area contributed by atoms with Gasteiger partial charge in [0.2, 0.25) is 0 Å². The van der Waals surface area contributed by atoms with Crippen molar-refractivity contribution in [1.82, 2.24) is 5.43 Å². The molecule has 7 heteroatoms. The molecule has 0 saturated heterocycles. The van der Waals surface area contributed by atoms with Crippen LogP contribution in [0.15, 0.2) is 46.0 Å². The fraction of sp³-hybridized carbons (Fsp3) is 0.300. The van der Waals surface area contributed by atoms with Crippen molar-refractivity contribution in [2.24, 2.45) is 5.10 Å². The Labute approximate surface area is 167 Å². The number of halogens is 1. The third-order valence-electron chi connectivity index (χ3n) is 3.77. The van der Waals surface area contributed by atoms with Gasteiger partial charge in [-0.1, -0.05) is 48.8 Å². The number of phenolic OH excluding ortho intramolecular Hbond substituents is 1. The first kappa shape index (κ1) is 20.8. The summed E-state index contributed by atoms with van der Waals surface area (Å²) in [7, 11) is 1.45. The number of benzene rings is 2. The zero-order valence-electron chi connectivity index (χ0n) is 15.7. The smallest absolute Gasteiger partial charge is 0.277 e.